The van der Waals surface area contributed by atoms with Crippen molar-refractivity contribution in [2.45, 2.75) is 104 Å². The predicted molar refractivity (Wildman–Crippen MR) is 165 cm³/mol. The topological polar surface area (TPSA) is 108 Å². The second-order valence-electron chi connectivity index (χ2n) is 14.7. The number of fused-ring (bicyclic) bond motifs is 7. The number of carbonyl (C=O) groups excluding carboxylic acids is 3. The Labute approximate surface area is 260 Å². The molecule has 1 saturated heterocycles. The summed E-state index contributed by atoms with van der Waals surface area (Å²) >= 11 is 0. The lowest BCUT2D eigenvalue weighted by Gasteiger charge is -2.35. The standard InChI is InChI=1S/C35H47N3O6/c1-19-30-18-38(32(19)20(2)39)34(41)25(35(3,4)5)17-31(40)43-29-15-21-14-24(21)23(29)10-8-7-9-11-27-33(44-30)37-28-16-22(42-6)12-13-26(28)36-27/h12-13,16,19,21,23-25,29-30,32H,7-11,14-15,17-18H2,1-6H3/t19-,21?,23-,24?,25-,29-,30+,32+/m1/s1. The molecule has 3 fully saturated rings. The van der Waals surface area contributed by atoms with E-state index >= 15 is 0 Å². The summed E-state index contributed by atoms with van der Waals surface area (Å²) in [6.07, 6.45) is 6.45. The maximum absolute atomic E-state index is 14.3. The molecule has 1 aromatic carbocycles. The summed E-state index contributed by atoms with van der Waals surface area (Å²) in [6, 6.07) is 4.99. The fraction of sp³-hybridized carbons (Fsp3) is 0.686. The number of carbonyl (C=O) groups is 3. The smallest absolute Gasteiger partial charge is 0.306 e. The van der Waals surface area contributed by atoms with Gasteiger partial charge in [0.15, 0.2) is 5.78 Å². The van der Waals surface area contributed by atoms with E-state index in [1.165, 1.54) is 13.3 Å². The van der Waals surface area contributed by atoms with Gasteiger partial charge in [-0.25, -0.2) is 9.97 Å². The maximum Gasteiger partial charge on any atom is 0.306 e. The number of ether oxygens (including phenoxy) is 3. The van der Waals surface area contributed by atoms with Gasteiger partial charge < -0.3 is 19.1 Å². The molecule has 0 radical (unpaired) electrons. The fourth-order valence-corrected chi connectivity index (χ4v) is 8.05. The van der Waals surface area contributed by atoms with Gasteiger partial charge in [-0.2, -0.15) is 0 Å². The molecule has 2 aromatic rings. The van der Waals surface area contributed by atoms with Crippen LogP contribution in [0.1, 0.15) is 85.3 Å². The molecule has 2 unspecified atom stereocenters. The first kappa shape index (κ1) is 30.8. The largest absolute Gasteiger partial charge is 0.497 e. The highest BCUT2D eigenvalue weighted by Crippen LogP contribution is 2.58. The van der Waals surface area contributed by atoms with E-state index in [-0.39, 0.29) is 42.6 Å². The number of benzene rings is 1. The third-order valence-electron chi connectivity index (χ3n) is 10.7. The Hall–Kier alpha value is -3.23. The summed E-state index contributed by atoms with van der Waals surface area (Å²) in [7, 11) is 1.62. The summed E-state index contributed by atoms with van der Waals surface area (Å²) in [5.41, 5.74) is 1.73. The van der Waals surface area contributed by atoms with Gasteiger partial charge in [0.1, 0.15) is 23.7 Å². The zero-order valence-corrected chi connectivity index (χ0v) is 27.0. The first-order chi connectivity index (χ1) is 20.9. The van der Waals surface area contributed by atoms with Crippen molar-refractivity contribution in [2.75, 3.05) is 13.7 Å². The highest BCUT2D eigenvalue weighted by atomic mass is 16.5. The number of hydrogen-bond acceptors (Lipinski definition) is 8. The number of esters is 1. The number of amides is 1. The second kappa shape index (κ2) is 11.9. The lowest BCUT2D eigenvalue weighted by atomic mass is 9.77. The molecule has 2 aliphatic carbocycles. The molecule has 0 N–H and O–H groups in total. The summed E-state index contributed by atoms with van der Waals surface area (Å²) in [5.74, 6) is 1.35. The summed E-state index contributed by atoms with van der Waals surface area (Å²) in [6.45, 7) is 9.64. The average Bonchev–Trinajstić information content (AvgIpc) is 3.53. The van der Waals surface area contributed by atoms with Crippen LogP contribution in [0, 0.1) is 35.0 Å². The minimum atomic E-state index is -0.654. The highest BCUT2D eigenvalue weighted by molar-refractivity contribution is 5.91. The molecule has 238 valence electrons. The molecule has 44 heavy (non-hydrogen) atoms. The van der Waals surface area contributed by atoms with Crippen molar-refractivity contribution in [3.05, 3.63) is 23.9 Å². The Balaban J connectivity index is 1.36. The number of aryl methyl sites for hydroxylation is 1. The van der Waals surface area contributed by atoms with Crippen LogP contribution in [0.15, 0.2) is 18.2 Å². The minimum Gasteiger partial charge on any atom is -0.497 e. The molecule has 2 saturated carbocycles. The lowest BCUT2D eigenvalue weighted by Crippen LogP contribution is -2.48. The Morgan fingerprint density at radius 3 is 2.52 bits per heavy atom. The first-order valence-corrected chi connectivity index (χ1v) is 16.5. The van der Waals surface area contributed by atoms with Gasteiger partial charge in [-0.3, -0.25) is 14.4 Å². The van der Waals surface area contributed by atoms with Crippen LogP contribution in [0.2, 0.25) is 0 Å². The zero-order chi connectivity index (χ0) is 31.3. The SMILES string of the molecule is COc1ccc2nc3c(nc2c1)O[C@H]1CN(C(=O)[C@H](C(C)(C)C)CC(=O)O[C@@H]2CC4CC4[C@H]2CCCCC3)[C@H](C(C)=O)[C@@H]1C. The van der Waals surface area contributed by atoms with Crippen molar-refractivity contribution < 1.29 is 28.6 Å². The summed E-state index contributed by atoms with van der Waals surface area (Å²) in [5, 5.41) is 0. The van der Waals surface area contributed by atoms with Gasteiger partial charge in [0.25, 0.3) is 0 Å². The van der Waals surface area contributed by atoms with Crippen molar-refractivity contribution in [3.8, 4) is 11.6 Å². The number of hydrogen-bond donors (Lipinski definition) is 0. The average molecular weight is 606 g/mol. The third kappa shape index (κ3) is 6.03. The van der Waals surface area contributed by atoms with Gasteiger partial charge in [-0.05, 0) is 74.3 Å². The van der Waals surface area contributed by atoms with E-state index in [2.05, 4.69) is 0 Å². The van der Waals surface area contributed by atoms with Crippen molar-refractivity contribution in [2.24, 2.45) is 35.0 Å². The van der Waals surface area contributed by atoms with Gasteiger partial charge in [0.2, 0.25) is 11.8 Å². The van der Waals surface area contributed by atoms with Crippen LogP contribution in [0.25, 0.3) is 11.0 Å². The maximum atomic E-state index is 14.3. The van der Waals surface area contributed by atoms with Crippen LogP contribution >= 0.6 is 0 Å². The first-order valence-electron chi connectivity index (χ1n) is 16.5. The van der Waals surface area contributed by atoms with Crippen LogP contribution in [-0.4, -0.2) is 64.4 Å². The number of aromatic nitrogens is 2. The second-order valence-corrected chi connectivity index (χ2v) is 14.7. The van der Waals surface area contributed by atoms with Gasteiger partial charge in [-0.15, -0.1) is 0 Å². The molecule has 3 heterocycles. The van der Waals surface area contributed by atoms with E-state index in [0.29, 0.717) is 41.3 Å². The highest BCUT2D eigenvalue weighted by Gasteiger charge is 2.55. The summed E-state index contributed by atoms with van der Waals surface area (Å²) < 4.78 is 18.2. The molecule has 4 aliphatic rings. The minimum absolute atomic E-state index is 0.00402. The van der Waals surface area contributed by atoms with E-state index in [4.69, 9.17) is 24.2 Å². The fourth-order valence-electron chi connectivity index (χ4n) is 8.05. The van der Waals surface area contributed by atoms with E-state index in [1.54, 1.807) is 12.0 Å². The molecular weight excluding hydrogens is 558 g/mol. The Bertz CT molecular complexity index is 1440. The third-order valence-corrected chi connectivity index (χ3v) is 10.7. The van der Waals surface area contributed by atoms with Gasteiger partial charge in [0, 0.05) is 12.0 Å². The quantitative estimate of drug-likeness (QED) is 0.410. The number of ketones is 1. The van der Waals surface area contributed by atoms with E-state index in [9.17, 15) is 14.4 Å². The number of methoxy groups -OCH3 is 1. The molecule has 1 aromatic heterocycles. The van der Waals surface area contributed by atoms with Gasteiger partial charge in [0.05, 0.1) is 43.1 Å². The molecular formula is C35H47N3O6. The predicted octanol–water partition coefficient (Wildman–Crippen LogP) is 5.56. The summed E-state index contributed by atoms with van der Waals surface area (Å²) in [4.78, 5) is 52.3. The van der Waals surface area contributed by atoms with Gasteiger partial charge >= 0.3 is 5.97 Å². The Morgan fingerprint density at radius 2 is 1.80 bits per heavy atom. The molecule has 9 heteroatoms. The molecule has 2 bridgehead atoms. The monoisotopic (exact) mass is 605 g/mol. The Kier molecular flexibility index (Phi) is 8.35. The van der Waals surface area contributed by atoms with Crippen LogP contribution in [0.4, 0.5) is 0 Å². The molecule has 8 atom stereocenters. The molecule has 6 rings (SSSR count). The lowest BCUT2D eigenvalue weighted by molar-refractivity contribution is -0.158. The van der Waals surface area contributed by atoms with Crippen molar-refractivity contribution in [1.82, 2.24) is 14.9 Å². The molecule has 2 aliphatic heterocycles. The Morgan fingerprint density at radius 1 is 1.00 bits per heavy atom. The number of rotatable bonds is 2. The number of Topliss-reactive ketones (excluding diaryl/α,β-unsaturated/α-hetero) is 1. The van der Waals surface area contributed by atoms with Crippen LogP contribution in [-0.2, 0) is 25.5 Å². The van der Waals surface area contributed by atoms with E-state index in [0.717, 1.165) is 43.3 Å². The van der Waals surface area contributed by atoms with Crippen molar-refractivity contribution in [3.63, 3.8) is 0 Å². The normalized spacial score (nSPS) is 32.9. The number of nitrogens with zero attached hydrogens (tertiary/aromatic N) is 3. The van der Waals surface area contributed by atoms with Crippen LogP contribution in [0.5, 0.6) is 11.6 Å². The molecule has 0 spiro atoms. The molecule has 1 amide bonds. The van der Waals surface area contributed by atoms with Crippen LogP contribution in [0.3, 0.4) is 0 Å². The molecule has 9 nitrogen and oxygen atoms in total. The van der Waals surface area contributed by atoms with E-state index in [1.807, 2.05) is 45.9 Å². The van der Waals surface area contributed by atoms with E-state index < -0.39 is 23.5 Å². The van der Waals surface area contributed by atoms with Crippen molar-refractivity contribution >= 4 is 28.7 Å². The van der Waals surface area contributed by atoms with Crippen LogP contribution < -0.4 is 9.47 Å². The van der Waals surface area contributed by atoms with Gasteiger partial charge in [-0.1, -0.05) is 40.5 Å². The zero-order valence-electron chi connectivity index (χ0n) is 27.0. The van der Waals surface area contributed by atoms with Crippen molar-refractivity contribution in [1.29, 1.82) is 0 Å².